The second kappa shape index (κ2) is 8.05. The lowest BCUT2D eigenvalue weighted by Gasteiger charge is -2.17. The number of thioether (sulfide) groups is 1. The van der Waals surface area contributed by atoms with Gasteiger partial charge in [-0.1, -0.05) is 35.5 Å². The molecule has 0 radical (unpaired) electrons. The highest BCUT2D eigenvalue weighted by Crippen LogP contribution is 2.30. The number of ether oxygens (including phenoxy) is 1. The van der Waals surface area contributed by atoms with Crippen LogP contribution in [0.25, 0.3) is 0 Å². The van der Waals surface area contributed by atoms with Crippen LogP contribution in [-0.4, -0.2) is 34.9 Å². The van der Waals surface area contributed by atoms with Crippen molar-refractivity contribution in [1.29, 1.82) is 0 Å². The predicted molar refractivity (Wildman–Crippen MR) is 99.9 cm³/mol. The fourth-order valence-corrected chi connectivity index (χ4v) is 3.58. The molecule has 26 heavy (non-hydrogen) atoms. The highest BCUT2D eigenvalue weighted by Gasteiger charge is 2.27. The van der Waals surface area contributed by atoms with Crippen LogP contribution < -0.4 is 4.74 Å². The summed E-state index contributed by atoms with van der Waals surface area (Å²) in [6, 6.07) is 11.2. The maximum atomic E-state index is 12.8. The quantitative estimate of drug-likeness (QED) is 0.719. The molecular formula is C18H15ClF2N2O2S. The van der Waals surface area contributed by atoms with Gasteiger partial charge in [-0.25, -0.2) is 4.99 Å². The van der Waals surface area contributed by atoms with E-state index in [1.54, 1.807) is 18.2 Å². The Bertz CT molecular complexity index is 861. The predicted octanol–water partition coefficient (Wildman–Crippen LogP) is 5.13. The zero-order valence-electron chi connectivity index (χ0n) is 13.8. The van der Waals surface area contributed by atoms with Crippen molar-refractivity contribution in [2.75, 3.05) is 12.3 Å². The van der Waals surface area contributed by atoms with Crippen molar-refractivity contribution >= 4 is 40.1 Å². The van der Waals surface area contributed by atoms with Crippen molar-refractivity contribution in [2.45, 2.75) is 13.5 Å². The van der Waals surface area contributed by atoms with E-state index in [9.17, 15) is 13.6 Å². The second-order valence-corrected chi connectivity index (χ2v) is 6.96. The van der Waals surface area contributed by atoms with E-state index in [0.29, 0.717) is 28.2 Å². The maximum absolute atomic E-state index is 12.8. The van der Waals surface area contributed by atoms with E-state index >= 15 is 0 Å². The number of carbonyl (C=O) groups is 1. The van der Waals surface area contributed by atoms with Crippen molar-refractivity contribution in [3.8, 4) is 5.75 Å². The summed E-state index contributed by atoms with van der Waals surface area (Å²) in [7, 11) is 0. The summed E-state index contributed by atoms with van der Waals surface area (Å²) >= 11 is 7.58. The molecule has 2 aromatic rings. The van der Waals surface area contributed by atoms with Crippen LogP contribution >= 0.6 is 23.4 Å². The molecule has 1 aliphatic heterocycles. The Morgan fingerprint density at radius 3 is 2.85 bits per heavy atom. The number of hydrogen-bond donors (Lipinski definition) is 0. The first kappa shape index (κ1) is 18.7. The fourth-order valence-electron chi connectivity index (χ4n) is 2.46. The van der Waals surface area contributed by atoms with Crippen LogP contribution in [0.1, 0.15) is 15.9 Å². The lowest BCUT2D eigenvalue weighted by Crippen LogP contribution is -2.31. The van der Waals surface area contributed by atoms with Crippen LogP contribution in [0.5, 0.6) is 5.75 Å². The SMILES string of the molecule is Cc1c(Cl)cccc1N=C1SCCN1C(=O)c1cccc(OC(F)F)c1. The van der Waals surface area contributed by atoms with Gasteiger partial charge in [0.2, 0.25) is 0 Å². The van der Waals surface area contributed by atoms with Gasteiger partial charge in [0.25, 0.3) is 5.91 Å². The van der Waals surface area contributed by atoms with Crippen LogP contribution in [0.3, 0.4) is 0 Å². The van der Waals surface area contributed by atoms with Gasteiger partial charge in [-0.15, -0.1) is 0 Å². The minimum atomic E-state index is -2.94. The van der Waals surface area contributed by atoms with Crippen molar-refractivity contribution < 1.29 is 18.3 Å². The highest BCUT2D eigenvalue weighted by molar-refractivity contribution is 8.14. The van der Waals surface area contributed by atoms with Gasteiger partial charge in [-0.2, -0.15) is 8.78 Å². The molecule has 0 bridgehead atoms. The molecule has 1 amide bonds. The molecule has 1 heterocycles. The van der Waals surface area contributed by atoms with Crippen LogP contribution in [0.2, 0.25) is 5.02 Å². The number of hydrogen-bond acceptors (Lipinski definition) is 4. The number of rotatable bonds is 4. The average Bonchev–Trinajstić information content (AvgIpc) is 3.06. The number of benzene rings is 2. The minimum Gasteiger partial charge on any atom is -0.435 e. The summed E-state index contributed by atoms with van der Waals surface area (Å²) < 4.78 is 29.1. The molecule has 0 spiro atoms. The number of nitrogens with zero attached hydrogens (tertiary/aromatic N) is 2. The zero-order valence-corrected chi connectivity index (χ0v) is 15.4. The lowest BCUT2D eigenvalue weighted by molar-refractivity contribution is -0.0498. The molecule has 0 saturated carbocycles. The molecule has 0 aliphatic carbocycles. The number of halogens is 3. The standard InChI is InChI=1S/C18H15ClF2N2O2S/c1-11-14(19)6-3-7-15(11)22-18-23(8-9-26-18)16(24)12-4-2-5-13(10-12)25-17(20)21/h2-7,10,17H,8-9H2,1H3. The molecule has 4 nitrogen and oxygen atoms in total. The van der Waals surface area contributed by atoms with Gasteiger partial charge in [-0.05, 0) is 42.8 Å². The molecule has 0 N–H and O–H groups in total. The fraction of sp³-hybridized carbons (Fsp3) is 0.222. The smallest absolute Gasteiger partial charge is 0.387 e. The maximum Gasteiger partial charge on any atom is 0.387 e. The summed E-state index contributed by atoms with van der Waals surface area (Å²) in [6.07, 6.45) is 0. The largest absolute Gasteiger partial charge is 0.435 e. The van der Waals surface area contributed by atoms with E-state index in [4.69, 9.17) is 11.6 Å². The Morgan fingerprint density at radius 2 is 2.08 bits per heavy atom. The number of aliphatic imine (C=N–C) groups is 1. The van der Waals surface area contributed by atoms with E-state index in [1.807, 2.05) is 13.0 Å². The Balaban J connectivity index is 1.87. The van der Waals surface area contributed by atoms with E-state index < -0.39 is 6.61 Å². The molecular weight excluding hydrogens is 382 g/mol. The van der Waals surface area contributed by atoms with Crippen molar-refractivity contribution in [3.05, 3.63) is 58.6 Å². The van der Waals surface area contributed by atoms with Gasteiger partial charge in [-0.3, -0.25) is 9.69 Å². The van der Waals surface area contributed by atoms with E-state index in [-0.39, 0.29) is 17.2 Å². The first-order chi connectivity index (χ1) is 12.5. The zero-order chi connectivity index (χ0) is 18.7. The van der Waals surface area contributed by atoms with Crippen LogP contribution in [-0.2, 0) is 0 Å². The molecule has 0 atom stereocenters. The Labute approximate surface area is 158 Å². The molecule has 1 aliphatic rings. The Hall–Kier alpha value is -2.12. The molecule has 0 aromatic heterocycles. The summed E-state index contributed by atoms with van der Waals surface area (Å²) in [6.45, 7) is -0.591. The van der Waals surface area contributed by atoms with Crippen molar-refractivity contribution in [3.63, 3.8) is 0 Å². The van der Waals surface area contributed by atoms with Gasteiger partial charge in [0.1, 0.15) is 5.75 Å². The number of amides is 1. The summed E-state index contributed by atoms with van der Waals surface area (Å²) in [5.41, 5.74) is 1.78. The van der Waals surface area contributed by atoms with Gasteiger partial charge < -0.3 is 4.74 Å². The number of amidine groups is 1. The van der Waals surface area contributed by atoms with Gasteiger partial charge >= 0.3 is 6.61 Å². The summed E-state index contributed by atoms with van der Waals surface area (Å²) in [4.78, 5) is 18.9. The van der Waals surface area contributed by atoms with Crippen molar-refractivity contribution in [2.24, 2.45) is 4.99 Å². The molecule has 3 rings (SSSR count). The van der Waals surface area contributed by atoms with E-state index in [1.165, 1.54) is 34.9 Å². The monoisotopic (exact) mass is 396 g/mol. The topological polar surface area (TPSA) is 41.9 Å². The van der Waals surface area contributed by atoms with Crippen LogP contribution in [0.4, 0.5) is 14.5 Å². The van der Waals surface area contributed by atoms with Crippen molar-refractivity contribution in [1.82, 2.24) is 4.90 Å². The third-order valence-corrected chi connectivity index (χ3v) is 5.15. The minimum absolute atomic E-state index is 0.0538. The second-order valence-electron chi connectivity index (χ2n) is 5.49. The molecule has 2 aromatic carbocycles. The molecule has 1 saturated heterocycles. The normalized spacial score (nSPS) is 15.7. The summed E-state index contributed by atoms with van der Waals surface area (Å²) in [5.74, 6) is 0.340. The Kier molecular flexibility index (Phi) is 5.78. The van der Waals surface area contributed by atoms with Crippen LogP contribution in [0, 0.1) is 6.92 Å². The van der Waals surface area contributed by atoms with Gasteiger partial charge in [0.15, 0.2) is 5.17 Å². The molecule has 136 valence electrons. The molecule has 0 unspecified atom stereocenters. The van der Waals surface area contributed by atoms with Crippen LogP contribution in [0.15, 0.2) is 47.5 Å². The highest BCUT2D eigenvalue weighted by atomic mass is 35.5. The van der Waals surface area contributed by atoms with Gasteiger partial charge in [0.05, 0.1) is 5.69 Å². The third kappa shape index (κ3) is 4.16. The Morgan fingerprint density at radius 1 is 1.31 bits per heavy atom. The first-order valence-electron chi connectivity index (χ1n) is 7.79. The third-order valence-electron chi connectivity index (χ3n) is 3.78. The average molecular weight is 397 g/mol. The van der Waals surface area contributed by atoms with Gasteiger partial charge in [0, 0.05) is 22.9 Å². The van der Waals surface area contributed by atoms with E-state index in [2.05, 4.69) is 9.73 Å². The molecule has 1 fully saturated rings. The number of alkyl halides is 2. The van der Waals surface area contributed by atoms with E-state index in [0.717, 1.165) is 5.56 Å². The number of carbonyl (C=O) groups excluding carboxylic acids is 1. The summed E-state index contributed by atoms with van der Waals surface area (Å²) in [5, 5.41) is 1.16. The first-order valence-corrected chi connectivity index (χ1v) is 9.15. The lowest BCUT2D eigenvalue weighted by atomic mass is 10.2. The molecule has 8 heteroatoms.